The Balaban J connectivity index is 1.94. The first-order valence-electron chi connectivity index (χ1n) is 6.46. The van der Waals surface area contributed by atoms with Crippen LogP contribution in [-0.2, 0) is 6.42 Å². The lowest BCUT2D eigenvalue weighted by Crippen LogP contribution is -2.22. The zero-order valence-corrected chi connectivity index (χ0v) is 10.1. The Morgan fingerprint density at radius 1 is 1.25 bits per heavy atom. The van der Waals surface area contributed by atoms with Crippen molar-refractivity contribution in [1.29, 1.82) is 0 Å². The molecule has 1 aromatic rings. The number of anilines is 1. The van der Waals surface area contributed by atoms with Crippen molar-refractivity contribution in [3.05, 3.63) is 18.1 Å². The zero-order chi connectivity index (χ0) is 11.2. The summed E-state index contributed by atoms with van der Waals surface area (Å²) in [6.07, 6.45) is 10.5. The van der Waals surface area contributed by atoms with Gasteiger partial charge in [0.2, 0.25) is 0 Å². The third kappa shape index (κ3) is 3.19. The van der Waals surface area contributed by atoms with Gasteiger partial charge in [0.1, 0.15) is 12.1 Å². The summed E-state index contributed by atoms with van der Waals surface area (Å²) in [5, 5.41) is 3.53. The van der Waals surface area contributed by atoms with E-state index in [1.165, 1.54) is 32.1 Å². The maximum Gasteiger partial charge on any atom is 0.129 e. The van der Waals surface area contributed by atoms with Crippen molar-refractivity contribution in [1.82, 2.24) is 9.97 Å². The van der Waals surface area contributed by atoms with E-state index in [1.807, 2.05) is 0 Å². The second kappa shape index (κ2) is 5.83. The van der Waals surface area contributed by atoms with Gasteiger partial charge in [-0.2, -0.15) is 0 Å². The highest BCUT2D eigenvalue weighted by Gasteiger charge is 2.13. The van der Waals surface area contributed by atoms with Crippen LogP contribution in [0.5, 0.6) is 0 Å². The molecule has 0 atom stereocenters. The topological polar surface area (TPSA) is 37.8 Å². The number of nitrogens with one attached hydrogen (secondary N) is 1. The summed E-state index contributed by atoms with van der Waals surface area (Å²) in [4.78, 5) is 8.56. The third-order valence-corrected chi connectivity index (χ3v) is 3.19. The predicted molar refractivity (Wildman–Crippen MR) is 66.5 cm³/mol. The first kappa shape index (κ1) is 11.4. The second-order valence-electron chi connectivity index (χ2n) is 4.62. The fourth-order valence-electron chi connectivity index (χ4n) is 2.33. The van der Waals surface area contributed by atoms with Gasteiger partial charge in [0.15, 0.2) is 0 Å². The molecule has 3 nitrogen and oxygen atoms in total. The molecule has 1 heterocycles. The van der Waals surface area contributed by atoms with Gasteiger partial charge in [0.25, 0.3) is 0 Å². The molecule has 0 unspecified atom stereocenters. The first-order chi connectivity index (χ1) is 7.88. The van der Waals surface area contributed by atoms with E-state index in [4.69, 9.17) is 0 Å². The molecule has 88 valence electrons. The molecule has 0 amide bonds. The van der Waals surface area contributed by atoms with Crippen LogP contribution in [-0.4, -0.2) is 16.0 Å². The van der Waals surface area contributed by atoms with Crippen molar-refractivity contribution in [2.75, 3.05) is 5.32 Å². The minimum Gasteiger partial charge on any atom is -0.367 e. The molecule has 1 aromatic heterocycles. The van der Waals surface area contributed by atoms with Crippen LogP contribution in [0, 0.1) is 0 Å². The molecule has 2 rings (SSSR count). The largest absolute Gasteiger partial charge is 0.367 e. The molecule has 0 bridgehead atoms. The SMILES string of the molecule is CCCc1cc(NC2CCCCC2)ncn1. The van der Waals surface area contributed by atoms with Gasteiger partial charge in [-0.05, 0) is 19.3 Å². The van der Waals surface area contributed by atoms with Crippen molar-refractivity contribution in [3.63, 3.8) is 0 Å². The van der Waals surface area contributed by atoms with Crippen LogP contribution < -0.4 is 5.32 Å². The van der Waals surface area contributed by atoms with Crippen LogP contribution >= 0.6 is 0 Å². The fourth-order valence-corrected chi connectivity index (χ4v) is 2.33. The lowest BCUT2D eigenvalue weighted by atomic mass is 9.95. The summed E-state index contributed by atoms with van der Waals surface area (Å²) in [5.41, 5.74) is 1.15. The lowest BCUT2D eigenvalue weighted by molar-refractivity contribution is 0.461. The Hall–Kier alpha value is -1.12. The van der Waals surface area contributed by atoms with E-state index < -0.39 is 0 Å². The molecule has 16 heavy (non-hydrogen) atoms. The second-order valence-corrected chi connectivity index (χ2v) is 4.62. The molecule has 1 aliphatic carbocycles. The van der Waals surface area contributed by atoms with Gasteiger partial charge in [-0.15, -0.1) is 0 Å². The highest BCUT2D eigenvalue weighted by Crippen LogP contribution is 2.20. The Morgan fingerprint density at radius 2 is 2.06 bits per heavy atom. The number of aromatic nitrogens is 2. The predicted octanol–water partition coefficient (Wildman–Crippen LogP) is 3.17. The normalized spacial score (nSPS) is 17.3. The lowest BCUT2D eigenvalue weighted by Gasteiger charge is -2.23. The molecule has 3 heteroatoms. The minimum absolute atomic E-state index is 0.623. The van der Waals surface area contributed by atoms with E-state index in [0.717, 1.165) is 24.4 Å². The van der Waals surface area contributed by atoms with Gasteiger partial charge >= 0.3 is 0 Å². The minimum atomic E-state index is 0.623. The van der Waals surface area contributed by atoms with Gasteiger partial charge in [-0.3, -0.25) is 0 Å². The number of hydrogen-bond acceptors (Lipinski definition) is 3. The van der Waals surface area contributed by atoms with Gasteiger partial charge in [0.05, 0.1) is 0 Å². The van der Waals surface area contributed by atoms with Gasteiger partial charge in [0, 0.05) is 17.8 Å². The van der Waals surface area contributed by atoms with Crippen LogP contribution in [0.2, 0.25) is 0 Å². The molecule has 0 aromatic carbocycles. The van der Waals surface area contributed by atoms with E-state index in [2.05, 4.69) is 28.3 Å². The maximum absolute atomic E-state index is 4.29. The zero-order valence-electron chi connectivity index (χ0n) is 10.1. The van der Waals surface area contributed by atoms with E-state index in [0.29, 0.717) is 6.04 Å². The standard InChI is InChI=1S/C13H21N3/c1-2-6-12-9-13(15-10-14-12)16-11-7-4-3-5-8-11/h9-11H,2-8H2,1H3,(H,14,15,16). The highest BCUT2D eigenvalue weighted by atomic mass is 15.0. The smallest absolute Gasteiger partial charge is 0.129 e. The summed E-state index contributed by atoms with van der Waals surface area (Å²) < 4.78 is 0. The summed E-state index contributed by atoms with van der Waals surface area (Å²) in [6.45, 7) is 2.18. The highest BCUT2D eigenvalue weighted by molar-refractivity contribution is 5.36. The number of hydrogen-bond donors (Lipinski definition) is 1. The van der Waals surface area contributed by atoms with E-state index in [1.54, 1.807) is 6.33 Å². The van der Waals surface area contributed by atoms with Crippen LogP contribution in [0.3, 0.4) is 0 Å². The average Bonchev–Trinajstić information content (AvgIpc) is 2.31. The molecule has 1 N–H and O–H groups in total. The van der Waals surface area contributed by atoms with Crippen LogP contribution in [0.1, 0.15) is 51.1 Å². The summed E-state index contributed by atoms with van der Waals surface area (Å²) >= 11 is 0. The average molecular weight is 219 g/mol. The monoisotopic (exact) mass is 219 g/mol. The van der Waals surface area contributed by atoms with Crippen LogP contribution in [0.25, 0.3) is 0 Å². The summed E-state index contributed by atoms with van der Waals surface area (Å²) in [7, 11) is 0. The molecular formula is C13H21N3. The Labute approximate surface area is 97.7 Å². The van der Waals surface area contributed by atoms with Crippen molar-refractivity contribution in [2.24, 2.45) is 0 Å². The molecule has 1 fully saturated rings. The van der Waals surface area contributed by atoms with Gasteiger partial charge in [-0.1, -0.05) is 32.6 Å². The molecule has 0 spiro atoms. The summed E-state index contributed by atoms with van der Waals surface area (Å²) in [6, 6.07) is 2.72. The molecule has 0 aliphatic heterocycles. The van der Waals surface area contributed by atoms with Crippen molar-refractivity contribution < 1.29 is 0 Å². The third-order valence-electron chi connectivity index (χ3n) is 3.19. The van der Waals surface area contributed by atoms with E-state index in [9.17, 15) is 0 Å². The van der Waals surface area contributed by atoms with E-state index >= 15 is 0 Å². The van der Waals surface area contributed by atoms with Gasteiger partial charge < -0.3 is 5.32 Å². The molecule has 1 saturated carbocycles. The maximum atomic E-state index is 4.29. The number of nitrogens with zero attached hydrogens (tertiary/aromatic N) is 2. The fraction of sp³-hybridized carbons (Fsp3) is 0.692. The Morgan fingerprint density at radius 3 is 2.81 bits per heavy atom. The van der Waals surface area contributed by atoms with Crippen molar-refractivity contribution in [3.8, 4) is 0 Å². The molecule has 1 aliphatic rings. The quantitative estimate of drug-likeness (QED) is 0.845. The summed E-state index contributed by atoms with van der Waals surface area (Å²) in [5.74, 6) is 1.00. The van der Waals surface area contributed by atoms with Crippen LogP contribution in [0.15, 0.2) is 12.4 Å². The van der Waals surface area contributed by atoms with E-state index in [-0.39, 0.29) is 0 Å². The van der Waals surface area contributed by atoms with Crippen LogP contribution in [0.4, 0.5) is 5.82 Å². The number of rotatable bonds is 4. The Bertz CT molecular complexity index is 319. The van der Waals surface area contributed by atoms with Crippen molar-refractivity contribution in [2.45, 2.75) is 57.9 Å². The molecule has 0 radical (unpaired) electrons. The number of aryl methyl sites for hydroxylation is 1. The van der Waals surface area contributed by atoms with Crippen molar-refractivity contribution >= 4 is 5.82 Å². The Kier molecular flexibility index (Phi) is 4.14. The first-order valence-corrected chi connectivity index (χ1v) is 6.46. The molecule has 0 saturated heterocycles. The molecular weight excluding hydrogens is 198 g/mol. The van der Waals surface area contributed by atoms with Gasteiger partial charge in [-0.25, -0.2) is 9.97 Å².